The molecule has 0 bridgehead atoms. The number of benzene rings is 1. The molecule has 0 fully saturated rings. The van der Waals surface area contributed by atoms with Gasteiger partial charge in [0.05, 0.1) is 12.9 Å². The number of hydrogen-bond acceptors (Lipinski definition) is 3. The van der Waals surface area contributed by atoms with E-state index in [4.69, 9.17) is 4.74 Å². The Balaban J connectivity index is 1.94. The maximum absolute atomic E-state index is 13.2. The van der Waals surface area contributed by atoms with Crippen LogP contribution < -0.4 is 10.1 Å². The molecule has 0 aliphatic carbocycles. The van der Waals surface area contributed by atoms with E-state index >= 15 is 0 Å². The lowest BCUT2D eigenvalue weighted by molar-refractivity contribution is 0.294. The summed E-state index contributed by atoms with van der Waals surface area (Å²) in [4.78, 5) is 3.97. The summed E-state index contributed by atoms with van der Waals surface area (Å²) in [5.74, 6) is 0.484. The lowest BCUT2D eigenvalue weighted by atomic mass is 10.2. The highest BCUT2D eigenvalue weighted by Gasteiger charge is 2.05. The third kappa shape index (κ3) is 4.06. The SMILES string of the molecule is CCNCc1cc(F)ccc1OCCn1ccnc1. The molecule has 0 atom stereocenters. The standard InChI is InChI=1S/C14H18FN3O/c1-2-16-10-12-9-13(15)3-4-14(12)19-8-7-18-6-5-17-11-18/h3-6,9,11,16H,2,7-8,10H2,1H3. The topological polar surface area (TPSA) is 39.1 Å². The first-order chi connectivity index (χ1) is 9.29. The summed E-state index contributed by atoms with van der Waals surface area (Å²) in [6, 6.07) is 4.60. The van der Waals surface area contributed by atoms with Gasteiger partial charge in [-0.1, -0.05) is 6.92 Å². The Labute approximate surface area is 112 Å². The molecule has 1 aromatic heterocycles. The highest BCUT2D eigenvalue weighted by molar-refractivity contribution is 5.33. The van der Waals surface area contributed by atoms with Crippen molar-refractivity contribution < 1.29 is 9.13 Å². The van der Waals surface area contributed by atoms with Gasteiger partial charge in [0.15, 0.2) is 0 Å². The van der Waals surface area contributed by atoms with Crippen LogP contribution in [0.2, 0.25) is 0 Å². The van der Waals surface area contributed by atoms with E-state index in [1.807, 2.05) is 17.7 Å². The number of ether oxygens (including phenoxy) is 1. The first kappa shape index (κ1) is 13.5. The quantitative estimate of drug-likeness (QED) is 0.832. The predicted molar refractivity (Wildman–Crippen MR) is 71.5 cm³/mol. The Morgan fingerprint density at radius 3 is 3.05 bits per heavy atom. The molecule has 1 heterocycles. The van der Waals surface area contributed by atoms with Gasteiger partial charge in [0.2, 0.25) is 0 Å². The minimum absolute atomic E-state index is 0.241. The van der Waals surface area contributed by atoms with E-state index in [0.717, 1.165) is 24.4 Å². The molecular formula is C14H18FN3O. The minimum Gasteiger partial charge on any atom is -0.491 e. The van der Waals surface area contributed by atoms with Gasteiger partial charge >= 0.3 is 0 Å². The molecule has 19 heavy (non-hydrogen) atoms. The van der Waals surface area contributed by atoms with Crippen molar-refractivity contribution in [1.82, 2.24) is 14.9 Å². The van der Waals surface area contributed by atoms with Crippen LogP contribution in [0.1, 0.15) is 12.5 Å². The van der Waals surface area contributed by atoms with Gasteiger partial charge in [-0.15, -0.1) is 0 Å². The maximum atomic E-state index is 13.2. The number of rotatable bonds is 7. The van der Waals surface area contributed by atoms with E-state index in [1.54, 1.807) is 18.6 Å². The summed E-state index contributed by atoms with van der Waals surface area (Å²) >= 11 is 0. The summed E-state index contributed by atoms with van der Waals surface area (Å²) in [6.45, 7) is 4.71. The van der Waals surface area contributed by atoms with Gasteiger partial charge in [0, 0.05) is 24.5 Å². The highest BCUT2D eigenvalue weighted by Crippen LogP contribution is 2.19. The molecule has 0 radical (unpaired) electrons. The molecule has 5 heteroatoms. The summed E-state index contributed by atoms with van der Waals surface area (Å²) in [7, 11) is 0. The number of hydrogen-bond donors (Lipinski definition) is 1. The van der Waals surface area contributed by atoms with Gasteiger partial charge in [0.1, 0.15) is 18.2 Å². The summed E-state index contributed by atoms with van der Waals surface area (Å²) in [5, 5.41) is 3.17. The van der Waals surface area contributed by atoms with Gasteiger partial charge in [-0.25, -0.2) is 9.37 Å². The summed E-state index contributed by atoms with van der Waals surface area (Å²) < 4.78 is 20.9. The Bertz CT molecular complexity index is 499. The highest BCUT2D eigenvalue weighted by atomic mass is 19.1. The fourth-order valence-corrected chi connectivity index (χ4v) is 1.77. The van der Waals surface area contributed by atoms with Gasteiger partial charge in [-0.3, -0.25) is 0 Å². The van der Waals surface area contributed by atoms with Crippen molar-refractivity contribution in [3.8, 4) is 5.75 Å². The molecule has 102 valence electrons. The zero-order valence-electron chi connectivity index (χ0n) is 11.0. The van der Waals surface area contributed by atoms with Crippen LogP contribution in [0.4, 0.5) is 4.39 Å². The third-order valence-corrected chi connectivity index (χ3v) is 2.75. The molecule has 0 saturated heterocycles. The average molecular weight is 263 g/mol. The van der Waals surface area contributed by atoms with Crippen molar-refractivity contribution in [2.75, 3.05) is 13.2 Å². The van der Waals surface area contributed by atoms with Crippen molar-refractivity contribution in [3.63, 3.8) is 0 Å². The number of imidazole rings is 1. The van der Waals surface area contributed by atoms with Crippen LogP contribution in [0.25, 0.3) is 0 Å². The van der Waals surface area contributed by atoms with Gasteiger partial charge < -0.3 is 14.6 Å². The van der Waals surface area contributed by atoms with Crippen molar-refractivity contribution in [2.24, 2.45) is 0 Å². The van der Waals surface area contributed by atoms with Crippen LogP contribution >= 0.6 is 0 Å². The zero-order valence-corrected chi connectivity index (χ0v) is 11.0. The molecule has 0 aliphatic heterocycles. The van der Waals surface area contributed by atoms with E-state index in [1.165, 1.54) is 12.1 Å². The van der Waals surface area contributed by atoms with Crippen LogP contribution in [0, 0.1) is 5.82 Å². The molecule has 2 rings (SSSR count). The Morgan fingerprint density at radius 2 is 2.32 bits per heavy atom. The summed E-state index contributed by atoms with van der Waals surface area (Å²) in [6.07, 6.45) is 5.36. The van der Waals surface area contributed by atoms with Crippen LogP contribution in [0.3, 0.4) is 0 Å². The van der Waals surface area contributed by atoms with Gasteiger partial charge in [-0.2, -0.15) is 0 Å². The Hall–Kier alpha value is -1.88. The lowest BCUT2D eigenvalue weighted by Gasteiger charge is -2.12. The van der Waals surface area contributed by atoms with Crippen LogP contribution in [-0.2, 0) is 13.1 Å². The maximum Gasteiger partial charge on any atom is 0.124 e. The van der Waals surface area contributed by atoms with Crippen molar-refractivity contribution in [1.29, 1.82) is 0 Å². The van der Waals surface area contributed by atoms with Crippen molar-refractivity contribution in [3.05, 3.63) is 48.3 Å². The molecule has 0 spiro atoms. The Kier molecular flexibility index (Phi) is 4.92. The second-order valence-corrected chi connectivity index (χ2v) is 4.18. The van der Waals surface area contributed by atoms with Crippen LogP contribution in [-0.4, -0.2) is 22.7 Å². The smallest absolute Gasteiger partial charge is 0.124 e. The molecule has 2 aromatic rings. The van der Waals surface area contributed by atoms with E-state index in [9.17, 15) is 4.39 Å². The third-order valence-electron chi connectivity index (χ3n) is 2.75. The molecule has 0 saturated carbocycles. The van der Waals surface area contributed by atoms with Crippen LogP contribution in [0.5, 0.6) is 5.75 Å². The average Bonchev–Trinajstić information content (AvgIpc) is 2.91. The molecule has 1 N–H and O–H groups in total. The van der Waals surface area contributed by atoms with Gasteiger partial charge in [-0.05, 0) is 24.7 Å². The number of nitrogens with one attached hydrogen (secondary N) is 1. The van der Waals surface area contributed by atoms with E-state index in [-0.39, 0.29) is 5.82 Å². The molecule has 4 nitrogen and oxygen atoms in total. The number of nitrogens with zero attached hydrogens (tertiary/aromatic N) is 2. The first-order valence-electron chi connectivity index (χ1n) is 6.37. The normalized spacial score (nSPS) is 10.6. The largest absolute Gasteiger partial charge is 0.491 e. The molecule has 0 aliphatic rings. The van der Waals surface area contributed by atoms with Gasteiger partial charge in [0.25, 0.3) is 0 Å². The zero-order chi connectivity index (χ0) is 13.5. The summed E-state index contributed by atoms with van der Waals surface area (Å²) in [5.41, 5.74) is 0.840. The second-order valence-electron chi connectivity index (χ2n) is 4.18. The fraction of sp³-hybridized carbons (Fsp3) is 0.357. The van der Waals surface area contributed by atoms with Crippen molar-refractivity contribution >= 4 is 0 Å². The minimum atomic E-state index is -0.241. The monoisotopic (exact) mass is 263 g/mol. The molecular weight excluding hydrogens is 245 g/mol. The lowest BCUT2D eigenvalue weighted by Crippen LogP contribution is -2.14. The fourth-order valence-electron chi connectivity index (χ4n) is 1.77. The number of halogens is 1. The molecule has 0 amide bonds. The Morgan fingerprint density at radius 1 is 1.42 bits per heavy atom. The second kappa shape index (κ2) is 6.89. The first-order valence-corrected chi connectivity index (χ1v) is 6.37. The van der Waals surface area contributed by atoms with E-state index in [2.05, 4.69) is 10.3 Å². The van der Waals surface area contributed by atoms with E-state index < -0.39 is 0 Å². The van der Waals surface area contributed by atoms with E-state index in [0.29, 0.717) is 13.2 Å². The van der Waals surface area contributed by atoms with Crippen LogP contribution in [0.15, 0.2) is 36.9 Å². The molecule has 0 unspecified atom stereocenters. The van der Waals surface area contributed by atoms with Crippen molar-refractivity contribution in [2.45, 2.75) is 20.0 Å². The predicted octanol–water partition coefficient (Wildman–Crippen LogP) is 2.21. The molecule has 1 aromatic carbocycles. The number of aromatic nitrogens is 2.